The van der Waals surface area contributed by atoms with Gasteiger partial charge in [0.25, 0.3) is 0 Å². The van der Waals surface area contributed by atoms with E-state index in [1.54, 1.807) is 11.8 Å². The maximum absolute atomic E-state index is 5.21. The van der Waals surface area contributed by atoms with Gasteiger partial charge in [-0.25, -0.2) is 0 Å². The number of nitrogens with zero attached hydrogens (tertiary/aromatic N) is 1. The second-order valence-corrected chi connectivity index (χ2v) is 8.63. The van der Waals surface area contributed by atoms with E-state index >= 15 is 0 Å². The average molecular weight is 313 g/mol. The smallest absolute Gasteiger partial charge is 0.156 e. The van der Waals surface area contributed by atoms with Crippen LogP contribution in [0.3, 0.4) is 0 Å². The highest BCUT2D eigenvalue weighted by molar-refractivity contribution is 8.13. The fourth-order valence-electron chi connectivity index (χ4n) is 4.00. The zero-order valence-corrected chi connectivity index (χ0v) is 16.2. The Kier molecular flexibility index (Phi) is 7.09. The van der Waals surface area contributed by atoms with E-state index in [-0.39, 0.29) is 5.54 Å². The molecule has 0 bridgehead atoms. The number of nitrogens with one attached hydrogen (secondary N) is 1. The Bertz CT molecular complexity index is 330. The first kappa shape index (κ1) is 18.9. The molecular weight excluding hydrogens is 276 g/mol. The lowest BCUT2D eigenvalue weighted by Gasteiger charge is -2.44. The highest BCUT2D eigenvalue weighted by Crippen LogP contribution is 2.42. The van der Waals surface area contributed by atoms with Gasteiger partial charge in [0.15, 0.2) is 5.17 Å². The summed E-state index contributed by atoms with van der Waals surface area (Å²) < 4.78 is 0. The largest absolute Gasteiger partial charge is 0.360 e. The van der Waals surface area contributed by atoms with Crippen molar-refractivity contribution in [2.24, 2.45) is 28.7 Å². The fourth-order valence-corrected chi connectivity index (χ4v) is 4.63. The second-order valence-electron chi connectivity index (χ2n) is 7.84. The molecular formula is C18H36N2S. The molecule has 1 rings (SSSR count). The second kappa shape index (κ2) is 7.89. The van der Waals surface area contributed by atoms with Crippen molar-refractivity contribution in [1.82, 2.24) is 5.32 Å². The van der Waals surface area contributed by atoms with E-state index in [4.69, 9.17) is 4.99 Å². The lowest BCUT2D eigenvalue weighted by molar-refractivity contribution is 0.0979. The van der Waals surface area contributed by atoms with Crippen LogP contribution in [-0.4, -0.2) is 23.0 Å². The zero-order valence-electron chi connectivity index (χ0n) is 15.4. The summed E-state index contributed by atoms with van der Waals surface area (Å²) in [5.41, 5.74) is 0.0805. The minimum Gasteiger partial charge on any atom is -0.360 e. The van der Waals surface area contributed by atoms with Crippen LogP contribution >= 0.6 is 11.8 Å². The molecule has 0 aromatic carbocycles. The molecule has 4 atom stereocenters. The predicted octanol–water partition coefficient (Wildman–Crippen LogP) is 5.19. The number of aliphatic imine (C=N–C) groups is 1. The lowest BCUT2D eigenvalue weighted by Crippen LogP contribution is -2.44. The van der Waals surface area contributed by atoms with Gasteiger partial charge in [0.1, 0.15) is 0 Å². The number of hydrogen-bond donors (Lipinski definition) is 1. The average Bonchev–Trinajstić information content (AvgIpc) is 2.36. The van der Waals surface area contributed by atoms with Crippen molar-refractivity contribution in [2.75, 3.05) is 6.26 Å². The maximum atomic E-state index is 5.21. The van der Waals surface area contributed by atoms with Crippen molar-refractivity contribution in [1.29, 1.82) is 0 Å². The predicted molar refractivity (Wildman–Crippen MR) is 98.1 cm³/mol. The summed E-state index contributed by atoms with van der Waals surface area (Å²) in [6.07, 6.45) is 5.99. The third-order valence-electron chi connectivity index (χ3n) is 4.97. The third-order valence-corrected chi connectivity index (χ3v) is 5.56. The van der Waals surface area contributed by atoms with Gasteiger partial charge in [-0.3, -0.25) is 4.99 Å². The summed E-state index contributed by atoms with van der Waals surface area (Å²) in [7, 11) is 0. The Morgan fingerprint density at radius 3 is 1.90 bits per heavy atom. The van der Waals surface area contributed by atoms with Gasteiger partial charge in [-0.1, -0.05) is 52.3 Å². The van der Waals surface area contributed by atoms with Gasteiger partial charge in [-0.15, -0.1) is 0 Å². The molecule has 3 heteroatoms. The van der Waals surface area contributed by atoms with E-state index in [2.05, 4.69) is 60.0 Å². The first-order chi connectivity index (χ1) is 9.73. The van der Waals surface area contributed by atoms with Gasteiger partial charge >= 0.3 is 0 Å². The molecule has 1 N–H and O–H groups in total. The Balaban J connectivity index is 3.05. The van der Waals surface area contributed by atoms with Crippen LogP contribution in [0.5, 0.6) is 0 Å². The maximum Gasteiger partial charge on any atom is 0.156 e. The van der Waals surface area contributed by atoms with Gasteiger partial charge in [-0.05, 0) is 57.1 Å². The topological polar surface area (TPSA) is 24.4 Å². The molecule has 1 fully saturated rings. The molecule has 0 amide bonds. The highest BCUT2D eigenvalue weighted by Gasteiger charge is 2.39. The van der Waals surface area contributed by atoms with Crippen LogP contribution in [0.2, 0.25) is 0 Å². The molecule has 0 aromatic rings. The Labute approximate surface area is 137 Å². The number of amidine groups is 1. The molecule has 1 aliphatic carbocycles. The standard InChI is InChI=1S/C18H36N2S/c1-9-14-12(3)11-13(4)15(10-2)16(14)19-17(21-8)20-18(5,6)7/h12-16H,9-11H2,1-8H3,(H,19,20). The summed E-state index contributed by atoms with van der Waals surface area (Å²) in [4.78, 5) is 5.21. The summed E-state index contributed by atoms with van der Waals surface area (Å²) in [6, 6.07) is 0.482. The molecule has 0 aromatic heterocycles. The van der Waals surface area contributed by atoms with E-state index in [0.717, 1.165) is 28.8 Å². The summed E-state index contributed by atoms with van der Waals surface area (Å²) >= 11 is 1.76. The molecule has 2 nitrogen and oxygen atoms in total. The minimum atomic E-state index is 0.0805. The molecule has 0 saturated heterocycles. The van der Waals surface area contributed by atoms with Crippen LogP contribution in [0, 0.1) is 23.7 Å². The van der Waals surface area contributed by atoms with Crippen LogP contribution in [0.25, 0.3) is 0 Å². The molecule has 0 radical (unpaired) electrons. The van der Waals surface area contributed by atoms with E-state index < -0.39 is 0 Å². The third kappa shape index (κ3) is 5.19. The lowest BCUT2D eigenvalue weighted by atomic mass is 9.65. The van der Waals surface area contributed by atoms with Gasteiger partial charge in [0.2, 0.25) is 0 Å². The van der Waals surface area contributed by atoms with Crippen molar-refractivity contribution in [3.8, 4) is 0 Å². The molecule has 124 valence electrons. The number of thioether (sulfide) groups is 1. The Morgan fingerprint density at radius 1 is 1.10 bits per heavy atom. The van der Waals surface area contributed by atoms with Gasteiger partial charge < -0.3 is 5.32 Å². The van der Waals surface area contributed by atoms with Crippen LogP contribution in [0.1, 0.15) is 67.7 Å². The number of hydrogen-bond acceptors (Lipinski definition) is 2. The zero-order chi connectivity index (χ0) is 16.2. The molecule has 0 aliphatic heterocycles. The van der Waals surface area contributed by atoms with Gasteiger partial charge in [-0.2, -0.15) is 0 Å². The van der Waals surface area contributed by atoms with Crippen LogP contribution in [0.15, 0.2) is 4.99 Å². The normalized spacial score (nSPS) is 34.9. The first-order valence-corrected chi connectivity index (χ1v) is 9.85. The molecule has 21 heavy (non-hydrogen) atoms. The monoisotopic (exact) mass is 312 g/mol. The van der Waals surface area contributed by atoms with Crippen molar-refractivity contribution < 1.29 is 0 Å². The summed E-state index contributed by atoms with van der Waals surface area (Å²) in [6.45, 7) is 16.1. The van der Waals surface area contributed by atoms with E-state index in [1.165, 1.54) is 19.3 Å². The van der Waals surface area contributed by atoms with E-state index in [9.17, 15) is 0 Å². The molecule has 4 unspecified atom stereocenters. The SMILES string of the molecule is CCC1C(C)CC(C)C(CC)C1N=C(NC(C)(C)C)SC. The molecule has 0 heterocycles. The highest BCUT2D eigenvalue weighted by atomic mass is 32.2. The molecule has 1 aliphatic rings. The first-order valence-electron chi connectivity index (χ1n) is 8.63. The van der Waals surface area contributed by atoms with Crippen molar-refractivity contribution in [3.63, 3.8) is 0 Å². The van der Waals surface area contributed by atoms with Crippen LogP contribution in [0.4, 0.5) is 0 Å². The van der Waals surface area contributed by atoms with Crippen molar-refractivity contribution in [3.05, 3.63) is 0 Å². The van der Waals surface area contributed by atoms with E-state index in [0.29, 0.717) is 6.04 Å². The minimum absolute atomic E-state index is 0.0805. The van der Waals surface area contributed by atoms with Crippen LogP contribution < -0.4 is 5.32 Å². The quantitative estimate of drug-likeness (QED) is 0.573. The Morgan fingerprint density at radius 2 is 1.57 bits per heavy atom. The van der Waals surface area contributed by atoms with Gasteiger partial charge in [0, 0.05) is 5.54 Å². The van der Waals surface area contributed by atoms with Crippen molar-refractivity contribution >= 4 is 16.9 Å². The van der Waals surface area contributed by atoms with Crippen LogP contribution in [-0.2, 0) is 0 Å². The Hall–Kier alpha value is -0.180. The van der Waals surface area contributed by atoms with E-state index in [1.807, 2.05) is 0 Å². The van der Waals surface area contributed by atoms with Crippen molar-refractivity contribution in [2.45, 2.75) is 79.3 Å². The summed E-state index contributed by atoms with van der Waals surface area (Å²) in [5.74, 6) is 3.05. The summed E-state index contributed by atoms with van der Waals surface area (Å²) in [5, 5.41) is 4.70. The fraction of sp³-hybridized carbons (Fsp3) is 0.944. The van der Waals surface area contributed by atoms with Gasteiger partial charge in [0.05, 0.1) is 6.04 Å². The molecule has 1 saturated carbocycles. The molecule has 0 spiro atoms. The number of rotatable bonds is 3.